The van der Waals surface area contributed by atoms with E-state index in [0.29, 0.717) is 6.04 Å². The van der Waals surface area contributed by atoms with Crippen LogP contribution in [-0.2, 0) is 17.7 Å². The number of rotatable bonds is 3. The van der Waals surface area contributed by atoms with Gasteiger partial charge in [0.15, 0.2) is 5.82 Å². The molecule has 0 amide bonds. The van der Waals surface area contributed by atoms with Crippen molar-refractivity contribution < 1.29 is 4.74 Å². The zero-order chi connectivity index (χ0) is 16.6. The van der Waals surface area contributed by atoms with E-state index in [-0.39, 0.29) is 5.60 Å². The maximum absolute atomic E-state index is 5.83. The Labute approximate surface area is 143 Å². The lowest BCUT2D eigenvalue weighted by atomic mass is 10.0. The number of nitrogens with zero attached hydrogens (tertiary/aromatic N) is 3. The van der Waals surface area contributed by atoms with Crippen molar-refractivity contribution in [2.45, 2.75) is 64.1 Å². The van der Waals surface area contributed by atoms with E-state index < -0.39 is 0 Å². The van der Waals surface area contributed by atoms with Gasteiger partial charge in [-0.3, -0.25) is 0 Å². The van der Waals surface area contributed by atoms with E-state index in [9.17, 15) is 0 Å². The van der Waals surface area contributed by atoms with Gasteiger partial charge >= 0.3 is 0 Å². The lowest BCUT2D eigenvalue weighted by Gasteiger charge is -2.17. The predicted octanol–water partition coefficient (Wildman–Crippen LogP) is 3.65. The molecular formula is C19H26N4O. The summed E-state index contributed by atoms with van der Waals surface area (Å²) in [6.45, 7) is 6.09. The Morgan fingerprint density at radius 2 is 2.12 bits per heavy atom. The molecule has 5 heteroatoms. The maximum atomic E-state index is 5.83. The summed E-state index contributed by atoms with van der Waals surface area (Å²) in [6, 6.07) is 8.90. The maximum Gasteiger partial charge on any atom is 0.164 e. The SMILES string of the molecule is CC1(C)CC(Nc2cccc(-c3nnc4n3CCCCC4)c2)CO1. The lowest BCUT2D eigenvalue weighted by molar-refractivity contribution is 0.0363. The van der Waals surface area contributed by atoms with Gasteiger partial charge in [0.05, 0.1) is 18.2 Å². The van der Waals surface area contributed by atoms with Crippen molar-refractivity contribution >= 4 is 5.69 Å². The van der Waals surface area contributed by atoms with Crippen LogP contribution in [0.1, 0.15) is 45.4 Å². The first-order chi connectivity index (χ1) is 11.6. The zero-order valence-electron chi connectivity index (χ0n) is 14.6. The molecule has 3 heterocycles. The number of nitrogens with one attached hydrogen (secondary N) is 1. The smallest absolute Gasteiger partial charge is 0.164 e. The number of aryl methyl sites for hydroxylation is 1. The van der Waals surface area contributed by atoms with E-state index >= 15 is 0 Å². The fourth-order valence-electron chi connectivity index (χ4n) is 3.81. The monoisotopic (exact) mass is 326 g/mol. The van der Waals surface area contributed by atoms with Gasteiger partial charge in [-0.15, -0.1) is 10.2 Å². The third kappa shape index (κ3) is 3.18. The molecule has 1 unspecified atom stereocenters. The van der Waals surface area contributed by atoms with Crippen LogP contribution in [0.2, 0.25) is 0 Å². The Hall–Kier alpha value is -1.88. The second-order valence-corrected chi connectivity index (χ2v) is 7.60. The van der Waals surface area contributed by atoms with Gasteiger partial charge in [-0.1, -0.05) is 18.6 Å². The average Bonchev–Trinajstić information content (AvgIpc) is 3.02. The molecule has 0 radical (unpaired) electrons. The molecule has 24 heavy (non-hydrogen) atoms. The summed E-state index contributed by atoms with van der Waals surface area (Å²) >= 11 is 0. The van der Waals surface area contributed by atoms with Gasteiger partial charge in [0.25, 0.3) is 0 Å². The van der Waals surface area contributed by atoms with Crippen molar-refractivity contribution in [3.63, 3.8) is 0 Å². The zero-order valence-corrected chi connectivity index (χ0v) is 14.6. The highest BCUT2D eigenvalue weighted by molar-refractivity contribution is 5.63. The average molecular weight is 326 g/mol. The Morgan fingerprint density at radius 1 is 1.21 bits per heavy atom. The summed E-state index contributed by atoms with van der Waals surface area (Å²) < 4.78 is 8.13. The van der Waals surface area contributed by atoms with Gasteiger partial charge in [0, 0.05) is 24.2 Å². The van der Waals surface area contributed by atoms with Crippen LogP contribution in [-0.4, -0.2) is 33.0 Å². The quantitative estimate of drug-likeness (QED) is 0.935. The third-order valence-electron chi connectivity index (χ3n) is 5.01. The predicted molar refractivity (Wildman–Crippen MR) is 95.1 cm³/mol. The van der Waals surface area contributed by atoms with Crippen molar-refractivity contribution in [3.05, 3.63) is 30.1 Å². The van der Waals surface area contributed by atoms with Crippen molar-refractivity contribution in [2.75, 3.05) is 11.9 Å². The van der Waals surface area contributed by atoms with Gasteiger partial charge in [0.1, 0.15) is 5.82 Å². The summed E-state index contributed by atoms with van der Waals surface area (Å²) in [7, 11) is 0. The van der Waals surface area contributed by atoms with Crippen LogP contribution in [0, 0.1) is 0 Å². The number of fused-ring (bicyclic) bond motifs is 1. The number of hydrogen-bond acceptors (Lipinski definition) is 4. The Morgan fingerprint density at radius 3 is 2.96 bits per heavy atom. The second kappa shape index (κ2) is 6.20. The van der Waals surface area contributed by atoms with Gasteiger partial charge < -0.3 is 14.6 Å². The van der Waals surface area contributed by atoms with Crippen LogP contribution >= 0.6 is 0 Å². The van der Waals surface area contributed by atoms with E-state index in [0.717, 1.165) is 48.9 Å². The highest BCUT2D eigenvalue weighted by Gasteiger charge is 2.31. The van der Waals surface area contributed by atoms with Crippen molar-refractivity contribution in [2.24, 2.45) is 0 Å². The molecule has 1 aromatic carbocycles. The van der Waals surface area contributed by atoms with E-state index in [2.05, 4.69) is 58.2 Å². The molecule has 128 valence electrons. The van der Waals surface area contributed by atoms with Crippen LogP contribution in [0.4, 0.5) is 5.69 Å². The molecule has 0 spiro atoms. The summed E-state index contributed by atoms with van der Waals surface area (Å²) in [5.41, 5.74) is 2.24. The number of hydrogen-bond donors (Lipinski definition) is 1. The standard InChI is InChI=1S/C19H26N4O/c1-19(2)12-16(13-24-19)20-15-8-6-7-14(11-15)18-22-21-17-9-4-3-5-10-23(17)18/h6-8,11,16,20H,3-5,9-10,12-13H2,1-2H3. The minimum absolute atomic E-state index is 0.0282. The van der Waals surface area contributed by atoms with Gasteiger partial charge in [-0.2, -0.15) is 0 Å². The molecule has 0 aliphatic carbocycles. The third-order valence-corrected chi connectivity index (χ3v) is 5.01. The second-order valence-electron chi connectivity index (χ2n) is 7.60. The first kappa shape index (κ1) is 15.6. The summed E-state index contributed by atoms with van der Waals surface area (Å²) in [6.07, 6.45) is 5.78. The molecular weight excluding hydrogens is 300 g/mol. The normalized spacial score (nSPS) is 22.8. The molecule has 1 fully saturated rings. The summed E-state index contributed by atoms with van der Waals surface area (Å²) in [4.78, 5) is 0. The highest BCUT2D eigenvalue weighted by atomic mass is 16.5. The molecule has 0 bridgehead atoms. The van der Waals surface area contributed by atoms with E-state index in [4.69, 9.17) is 4.74 Å². The van der Waals surface area contributed by atoms with Crippen LogP contribution in [0.5, 0.6) is 0 Å². The minimum atomic E-state index is -0.0282. The first-order valence-electron chi connectivity index (χ1n) is 9.04. The molecule has 1 atom stereocenters. The molecule has 2 aliphatic heterocycles. The van der Waals surface area contributed by atoms with Gasteiger partial charge in [0.2, 0.25) is 0 Å². The molecule has 5 nitrogen and oxygen atoms in total. The van der Waals surface area contributed by atoms with Crippen LogP contribution in [0.3, 0.4) is 0 Å². The van der Waals surface area contributed by atoms with Gasteiger partial charge in [-0.05, 0) is 45.2 Å². The van der Waals surface area contributed by atoms with E-state index in [1.807, 2.05) is 0 Å². The molecule has 1 aromatic heterocycles. The van der Waals surface area contributed by atoms with Crippen molar-refractivity contribution in [1.29, 1.82) is 0 Å². The summed E-state index contributed by atoms with van der Waals surface area (Å²) in [5.74, 6) is 2.13. The van der Waals surface area contributed by atoms with Crippen molar-refractivity contribution in [1.82, 2.24) is 14.8 Å². The largest absolute Gasteiger partial charge is 0.380 e. The molecule has 2 aliphatic rings. The van der Waals surface area contributed by atoms with Gasteiger partial charge in [-0.25, -0.2) is 0 Å². The molecule has 0 saturated carbocycles. The molecule has 1 saturated heterocycles. The number of anilines is 1. The van der Waals surface area contributed by atoms with Crippen molar-refractivity contribution in [3.8, 4) is 11.4 Å². The fraction of sp³-hybridized carbons (Fsp3) is 0.579. The number of aromatic nitrogens is 3. The van der Waals surface area contributed by atoms with E-state index in [1.54, 1.807) is 0 Å². The molecule has 1 N–H and O–H groups in total. The van der Waals surface area contributed by atoms with E-state index in [1.165, 1.54) is 19.3 Å². The van der Waals surface area contributed by atoms with Crippen LogP contribution in [0.25, 0.3) is 11.4 Å². The Bertz CT molecular complexity index is 722. The summed E-state index contributed by atoms with van der Waals surface area (Å²) in [5, 5.41) is 12.5. The Balaban J connectivity index is 1.56. The minimum Gasteiger partial charge on any atom is -0.380 e. The first-order valence-corrected chi connectivity index (χ1v) is 9.04. The number of ether oxygens (including phenoxy) is 1. The fourth-order valence-corrected chi connectivity index (χ4v) is 3.81. The van der Waals surface area contributed by atoms with Crippen LogP contribution in [0.15, 0.2) is 24.3 Å². The van der Waals surface area contributed by atoms with Crippen LogP contribution < -0.4 is 5.32 Å². The topological polar surface area (TPSA) is 52.0 Å². The molecule has 4 rings (SSSR count). The highest BCUT2D eigenvalue weighted by Crippen LogP contribution is 2.29. The lowest BCUT2D eigenvalue weighted by Crippen LogP contribution is -2.22. The molecule has 2 aromatic rings. The number of benzene rings is 1. The Kier molecular flexibility index (Phi) is 4.04.